The molecule has 6 heteroatoms. The first-order chi connectivity index (χ1) is 9.56. The van der Waals surface area contributed by atoms with Crippen molar-refractivity contribution in [1.29, 1.82) is 0 Å². The quantitative estimate of drug-likeness (QED) is 0.841. The maximum absolute atomic E-state index is 12.0. The largest absolute Gasteiger partial charge is 0.480 e. The minimum atomic E-state index is -0.951. The van der Waals surface area contributed by atoms with Crippen LogP contribution in [0.1, 0.15) is 18.4 Å². The summed E-state index contributed by atoms with van der Waals surface area (Å²) >= 11 is 7.30. The third kappa shape index (κ3) is 4.72. The van der Waals surface area contributed by atoms with Gasteiger partial charge in [0.2, 0.25) is 5.91 Å². The smallest absolute Gasteiger partial charge is 0.323 e. The van der Waals surface area contributed by atoms with E-state index in [9.17, 15) is 9.59 Å². The van der Waals surface area contributed by atoms with E-state index in [-0.39, 0.29) is 18.5 Å². The van der Waals surface area contributed by atoms with Gasteiger partial charge < -0.3 is 10.0 Å². The first-order valence-corrected chi connectivity index (χ1v) is 7.93. The number of nitrogens with zero attached hydrogens (tertiary/aromatic N) is 1. The number of benzene rings is 1. The van der Waals surface area contributed by atoms with E-state index in [1.807, 2.05) is 24.3 Å². The Morgan fingerprint density at radius 3 is 2.50 bits per heavy atom. The van der Waals surface area contributed by atoms with Gasteiger partial charge in [-0.3, -0.25) is 9.59 Å². The number of carbonyl (C=O) groups is 2. The highest BCUT2D eigenvalue weighted by Gasteiger charge is 2.33. The zero-order valence-electron chi connectivity index (χ0n) is 10.9. The maximum Gasteiger partial charge on any atom is 0.323 e. The molecule has 0 radical (unpaired) electrons. The van der Waals surface area contributed by atoms with Crippen LogP contribution < -0.4 is 0 Å². The van der Waals surface area contributed by atoms with Crippen molar-refractivity contribution in [1.82, 2.24) is 4.90 Å². The summed E-state index contributed by atoms with van der Waals surface area (Å²) in [4.78, 5) is 24.3. The predicted molar refractivity (Wildman–Crippen MR) is 80.0 cm³/mol. The minimum absolute atomic E-state index is 0.0890. The summed E-state index contributed by atoms with van der Waals surface area (Å²) < 4.78 is 0. The van der Waals surface area contributed by atoms with Gasteiger partial charge in [0, 0.05) is 16.8 Å². The molecule has 4 nitrogen and oxygen atoms in total. The number of carboxylic acid groups (broad SMARTS) is 1. The molecule has 2 rings (SSSR count). The van der Waals surface area contributed by atoms with Crippen LogP contribution in [0.4, 0.5) is 0 Å². The van der Waals surface area contributed by atoms with Crippen LogP contribution in [0.5, 0.6) is 0 Å². The maximum atomic E-state index is 12.0. The molecule has 0 bridgehead atoms. The van der Waals surface area contributed by atoms with Gasteiger partial charge in [-0.25, -0.2) is 0 Å². The molecule has 0 aliphatic heterocycles. The van der Waals surface area contributed by atoms with Crippen molar-refractivity contribution in [2.24, 2.45) is 0 Å². The number of carboxylic acids is 1. The monoisotopic (exact) mass is 313 g/mol. The van der Waals surface area contributed by atoms with E-state index in [1.54, 1.807) is 0 Å². The van der Waals surface area contributed by atoms with Crippen LogP contribution in [-0.2, 0) is 15.3 Å². The van der Waals surface area contributed by atoms with Gasteiger partial charge in [0.15, 0.2) is 0 Å². The molecule has 1 aliphatic carbocycles. The Morgan fingerprint density at radius 2 is 1.95 bits per heavy atom. The summed E-state index contributed by atoms with van der Waals surface area (Å²) in [5, 5.41) is 9.52. The van der Waals surface area contributed by atoms with Crippen LogP contribution >= 0.6 is 23.4 Å². The standard InChI is InChI=1S/C14H16ClNO3S/c15-11-3-1-10(2-4-11)8-20-9-13(17)16(7-14(18)19)12-5-6-12/h1-4,12H,5-9H2,(H,18,19). The van der Waals surface area contributed by atoms with Gasteiger partial charge in [0.05, 0.1) is 5.75 Å². The first-order valence-electron chi connectivity index (χ1n) is 6.39. The molecule has 1 saturated carbocycles. The van der Waals surface area contributed by atoms with E-state index in [4.69, 9.17) is 16.7 Å². The lowest BCUT2D eigenvalue weighted by atomic mass is 10.2. The Morgan fingerprint density at radius 1 is 1.30 bits per heavy atom. The molecule has 0 saturated heterocycles. The summed E-state index contributed by atoms with van der Waals surface area (Å²) in [5.74, 6) is -0.0113. The number of amides is 1. The molecular weight excluding hydrogens is 298 g/mol. The van der Waals surface area contributed by atoms with Crippen molar-refractivity contribution in [2.45, 2.75) is 24.6 Å². The van der Waals surface area contributed by atoms with Crippen LogP contribution in [0.3, 0.4) is 0 Å². The van der Waals surface area contributed by atoms with Crippen molar-refractivity contribution in [3.63, 3.8) is 0 Å². The van der Waals surface area contributed by atoms with Crippen LogP contribution in [-0.4, -0.2) is 40.2 Å². The summed E-state index contributed by atoms with van der Waals surface area (Å²) in [7, 11) is 0. The van der Waals surface area contributed by atoms with Crippen molar-refractivity contribution in [3.05, 3.63) is 34.9 Å². The third-order valence-corrected chi connectivity index (χ3v) is 4.26. The van der Waals surface area contributed by atoms with Crippen LogP contribution in [0, 0.1) is 0 Å². The molecule has 1 aromatic carbocycles. The van der Waals surface area contributed by atoms with Crippen molar-refractivity contribution >= 4 is 35.2 Å². The van der Waals surface area contributed by atoms with E-state index in [2.05, 4.69) is 0 Å². The van der Waals surface area contributed by atoms with Gasteiger partial charge in [-0.15, -0.1) is 11.8 Å². The second kappa shape index (κ2) is 6.99. The van der Waals surface area contributed by atoms with Gasteiger partial charge in [0.25, 0.3) is 0 Å². The van der Waals surface area contributed by atoms with Crippen LogP contribution in [0.2, 0.25) is 5.02 Å². The molecule has 0 unspecified atom stereocenters. The average Bonchev–Trinajstić information content (AvgIpc) is 3.22. The Bertz CT molecular complexity index is 488. The fraction of sp³-hybridized carbons (Fsp3) is 0.429. The second-order valence-electron chi connectivity index (χ2n) is 4.77. The van der Waals surface area contributed by atoms with Crippen LogP contribution in [0.25, 0.3) is 0 Å². The summed E-state index contributed by atoms with van der Waals surface area (Å²) in [5.41, 5.74) is 1.10. The average molecular weight is 314 g/mol. The summed E-state index contributed by atoms with van der Waals surface area (Å²) in [6, 6.07) is 7.63. The van der Waals surface area contributed by atoms with Gasteiger partial charge >= 0.3 is 5.97 Å². The molecule has 1 amide bonds. The summed E-state index contributed by atoms with van der Waals surface area (Å²) in [6.07, 6.45) is 1.84. The molecule has 0 heterocycles. The Labute approximate surface area is 127 Å². The zero-order chi connectivity index (χ0) is 14.5. The Hall–Kier alpha value is -1.20. The fourth-order valence-corrected chi connectivity index (χ4v) is 2.87. The third-order valence-electron chi connectivity index (χ3n) is 3.02. The van der Waals surface area contributed by atoms with Crippen molar-refractivity contribution < 1.29 is 14.7 Å². The van der Waals surface area contributed by atoms with Crippen molar-refractivity contribution in [3.8, 4) is 0 Å². The van der Waals surface area contributed by atoms with E-state index >= 15 is 0 Å². The number of carbonyl (C=O) groups excluding carboxylic acids is 1. The number of hydrogen-bond donors (Lipinski definition) is 1. The van der Waals surface area contributed by atoms with E-state index < -0.39 is 5.97 Å². The lowest BCUT2D eigenvalue weighted by molar-refractivity contribution is -0.143. The van der Waals surface area contributed by atoms with Gasteiger partial charge in [0.1, 0.15) is 6.54 Å². The van der Waals surface area contributed by atoms with E-state index in [0.29, 0.717) is 16.5 Å². The molecule has 1 aromatic rings. The highest BCUT2D eigenvalue weighted by molar-refractivity contribution is 7.99. The zero-order valence-corrected chi connectivity index (χ0v) is 12.5. The minimum Gasteiger partial charge on any atom is -0.480 e. The normalized spacial score (nSPS) is 14.1. The number of rotatable bonds is 7. The van der Waals surface area contributed by atoms with E-state index in [1.165, 1.54) is 16.7 Å². The lowest BCUT2D eigenvalue weighted by Crippen LogP contribution is -2.38. The molecule has 1 N–H and O–H groups in total. The molecule has 108 valence electrons. The second-order valence-corrected chi connectivity index (χ2v) is 6.19. The number of halogens is 1. The van der Waals surface area contributed by atoms with Crippen molar-refractivity contribution in [2.75, 3.05) is 12.3 Å². The van der Waals surface area contributed by atoms with Gasteiger partial charge in [-0.05, 0) is 30.5 Å². The fourth-order valence-electron chi connectivity index (χ4n) is 1.87. The number of hydrogen-bond acceptors (Lipinski definition) is 3. The predicted octanol–water partition coefficient (Wildman–Crippen LogP) is 2.65. The topological polar surface area (TPSA) is 57.6 Å². The molecule has 0 aromatic heterocycles. The highest BCUT2D eigenvalue weighted by Crippen LogP contribution is 2.27. The molecule has 0 spiro atoms. The number of thioether (sulfide) groups is 1. The molecule has 0 atom stereocenters. The lowest BCUT2D eigenvalue weighted by Gasteiger charge is -2.19. The molecule has 20 heavy (non-hydrogen) atoms. The van der Waals surface area contributed by atoms with Crippen LogP contribution in [0.15, 0.2) is 24.3 Å². The molecule has 1 aliphatic rings. The number of aliphatic carboxylic acids is 1. The van der Waals surface area contributed by atoms with E-state index in [0.717, 1.165) is 18.4 Å². The Balaban J connectivity index is 1.78. The summed E-state index contributed by atoms with van der Waals surface area (Å²) in [6.45, 7) is -0.189. The first kappa shape index (κ1) is 15.2. The van der Waals surface area contributed by atoms with Gasteiger partial charge in [-0.1, -0.05) is 23.7 Å². The highest BCUT2D eigenvalue weighted by atomic mass is 35.5. The van der Waals surface area contributed by atoms with Gasteiger partial charge in [-0.2, -0.15) is 0 Å². The Kier molecular flexibility index (Phi) is 5.31. The SMILES string of the molecule is O=C(O)CN(C(=O)CSCc1ccc(Cl)cc1)C1CC1. The molecule has 1 fully saturated rings. The molecular formula is C14H16ClNO3S.